The molecule has 4 rings (SSSR count). The van der Waals surface area contributed by atoms with Crippen molar-refractivity contribution in [3.63, 3.8) is 0 Å². The Bertz CT molecular complexity index is 1130. The zero-order chi connectivity index (χ0) is 24.6. The van der Waals surface area contributed by atoms with Gasteiger partial charge in [0, 0.05) is 44.5 Å². The number of ether oxygens (including phenoxy) is 3. The molecule has 0 saturated carbocycles. The topological polar surface area (TPSA) is 64.1 Å². The number of pyridine rings is 1. The maximum absolute atomic E-state index is 12.5. The van der Waals surface area contributed by atoms with Gasteiger partial charge in [-0.05, 0) is 49.7 Å². The lowest BCUT2D eigenvalue weighted by Crippen LogP contribution is -2.46. The normalized spacial score (nSPS) is 13.7. The number of carbonyl (C=O) groups excluding carboxylic acids is 1. The van der Waals surface area contributed by atoms with Crippen LogP contribution in [0.5, 0.6) is 11.5 Å². The largest absolute Gasteiger partial charge is 0.496 e. The fourth-order valence-corrected chi connectivity index (χ4v) is 4.18. The molecule has 192 valence electrons. The van der Waals surface area contributed by atoms with Crippen LogP contribution in [0.3, 0.4) is 0 Å². The minimum absolute atomic E-state index is 0. The zero-order valence-corrected chi connectivity index (χ0v) is 21.9. The molecule has 36 heavy (non-hydrogen) atoms. The van der Waals surface area contributed by atoms with Crippen molar-refractivity contribution in [2.75, 3.05) is 38.2 Å². The first-order valence-electron chi connectivity index (χ1n) is 12.0. The predicted octanol–water partition coefficient (Wildman–Crippen LogP) is 4.98. The lowest BCUT2D eigenvalue weighted by atomic mass is 10.1. The van der Waals surface area contributed by atoms with Crippen LogP contribution in [-0.4, -0.2) is 55.2 Å². The Hall–Kier alpha value is -3.29. The summed E-state index contributed by atoms with van der Waals surface area (Å²) >= 11 is 0. The Kier molecular flexibility index (Phi) is 9.96. The highest BCUT2D eigenvalue weighted by molar-refractivity contribution is 5.94. The molecule has 1 fully saturated rings. The molecule has 1 aliphatic heterocycles. The van der Waals surface area contributed by atoms with Gasteiger partial charge >= 0.3 is 5.97 Å². The highest BCUT2D eigenvalue weighted by atomic mass is 35.5. The van der Waals surface area contributed by atoms with Crippen LogP contribution < -0.4 is 14.4 Å². The first-order chi connectivity index (χ1) is 17.0. The second kappa shape index (κ2) is 13.1. The number of aromatic nitrogens is 1. The van der Waals surface area contributed by atoms with E-state index in [2.05, 4.69) is 26.9 Å². The minimum atomic E-state index is -0.324. The van der Waals surface area contributed by atoms with E-state index in [4.69, 9.17) is 14.2 Å². The number of halogens is 1. The van der Waals surface area contributed by atoms with Gasteiger partial charge < -0.3 is 19.1 Å². The van der Waals surface area contributed by atoms with Crippen LogP contribution >= 0.6 is 12.4 Å². The monoisotopic (exact) mass is 511 g/mol. The molecule has 2 heterocycles. The van der Waals surface area contributed by atoms with E-state index in [1.807, 2.05) is 50.2 Å². The van der Waals surface area contributed by atoms with Gasteiger partial charge in [-0.1, -0.05) is 30.3 Å². The number of nitrogens with zero attached hydrogens (tertiary/aromatic N) is 3. The molecule has 0 atom stereocenters. The van der Waals surface area contributed by atoms with Gasteiger partial charge in [0.05, 0.1) is 13.2 Å². The third-order valence-corrected chi connectivity index (χ3v) is 5.91. The van der Waals surface area contributed by atoms with Gasteiger partial charge in [0.15, 0.2) is 0 Å². The fourth-order valence-electron chi connectivity index (χ4n) is 4.18. The van der Waals surface area contributed by atoms with E-state index in [0.29, 0.717) is 18.0 Å². The second-order valence-corrected chi connectivity index (χ2v) is 8.84. The molecule has 2 aromatic carbocycles. The quantitative estimate of drug-likeness (QED) is 0.375. The molecule has 0 aliphatic carbocycles. The molecular formula is C28H34ClN3O4. The summed E-state index contributed by atoms with van der Waals surface area (Å²) in [6, 6.07) is 19.7. The maximum Gasteiger partial charge on any atom is 0.342 e. The highest BCUT2D eigenvalue weighted by Crippen LogP contribution is 2.23. The molecule has 0 unspecified atom stereocenters. The lowest BCUT2D eigenvalue weighted by Gasteiger charge is -2.36. The molecule has 3 aromatic rings. The molecule has 1 aliphatic rings. The molecule has 0 bridgehead atoms. The van der Waals surface area contributed by atoms with Crippen LogP contribution in [0.25, 0.3) is 0 Å². The summed E-state index contributed by atoms with van der Waals surface area (Å²) in [7, 11) is 1.67. The molecule has 0 amide bonds. The standard InChI is InChI=1S/C28H33N3O4.ClH/c1-21(2)35-28(32)25-11-7-13-29-27(25)31-16-14-30(15-17-31)19-22-8-6-10-24(18-22)34-20-23-9-4-5-12-26(23)33-3;/h4-13,18,21H,14-17,19-20H2,1-3H3;1H. The van der Waals surface area contributed by atoms with Gasteiger partial charge in [-0.2, -0.15) is 0 Å². The van der Waals surface area contributed by atoms with Crippen LogP contribution in [0, 0.1) is 0 Å². The lowest BCUT2D eigenvalue weighted by molar-refractivity contribution is 0.0378. The first kappa shape index (κ1) is 27.3. The van der Waals surface area contributed by atoms with Gasteiger partial charge in [0.1, 0.15) is 29.5 Å². The Morgan fingerprint density at radius 3 is 2.53 bits per heavy atom. The van der Waals surface area contributed by atoms with E-state index >= 15 is 0 Å². The van der Waals surface area contributed by atoms with Crippen LogP contribution in [0.1, 0.15) is 35.3 Å². The summed E-state index contributed by atoms with van der Waals surface area (Å²) in [6.07, 6.45) is 1.56. The Morgan fingerprint density at radius 1 is 1.00 bits per heavy atom. The average Bonchev–Trinajstić information content (AvgIpc) is 2.88. The van der Waals surface area contributed by atoms with Crippen LogP contribution in [0.15, 0.2) is 66.9 Å². The summed E-state index contributed by atoms with van der Waals surface area (Å²) in [4.78, 5) is 21.6. The third-order valence-electron chi connectivity index (χ3n) is 5.91. The van der Waals surface area contributed by atoms with Crippen molar-refractivity contribution in [3.8, 4) is 11.5 Å². The number of hydrogen-bond acceptors (Lipinski definition) is 7. The SMILES string of the molecule is COc1ccccc1COc1cccc(CN2CCN(c3ncccc3C(=O)OC(C)C)CC2)c1.Cl. The maximum atomic E-state index is 12.5. The van der Waals surface area contributed by atoms with E-state index in [-0.39, 0.29) is 24.5 Å². The molecule has 0 spiro atoms. The summed E-state index contributed by atoms with van der Waals surface area (Å²) < 4.78 is 16.9. The average molecular weight is 512 g/mol. The van der Waals surface area contributed by atoms with Crippen molar-refractivity contribution in [2.24, 2.45) is 0 Å². The van der Waals surface area contributed by atoms with Gasteiger partial charge in [0.25, 0.3) is 0 Å². The summed E-state index contributed by atoms with van der Waals surface area (Å²) in [5.74, 6) is 2.05. The minimum Gasteiger partial charge on any atom is -0.496 e. The van der Waals surface area contributed by atoms with Crippen LogP contribution in [0.4, 0.5) is 5.82 Å². The number of carbonyl (C=O) groups is 1. The number of para-hydroxylation sites is 1. The number of methoxy groups -OCH3 is 1. The Morgan fingerprint density at radius 2 is 1.78 bits per heavy atom. The van der Waals surface area contributed by atoms with E-state index in [1.54, 1.807) is 25.4 Å². The molecule has 0 N–H and O–H groups in total. The van der Waals surface area contributed by atoms with Crippen molar-refractivity contribution in [1.82, 2.24) is 9.88 Å². The van der Waals surface area contributed by atoms with Crippen LogP contribution in [-0.2, 0) is 17.9 Å². The zero-order valence-electron chi connectivity index (χ0n) is 21.1. The van der Waals surface area contributed by atoms with Crippen molar-refractivity contribution in [3.05, 3.63) is 83.6 Å². The molecule has 1 saturated heterocycles. The summed E-state index contributed by atoms with van der Waals surface area (Å²) in [6.45, 7) is 8.34. The summed E-state index contributed by atoms with van der Waals surface area (Å²) in [5, 5.41) is 0. The van der Waals surface area contributed by atoms with Crippen molar-refractivity contribution < 1.29 is 19.0 Å². The van der Waals surface area contributed by atoms with Crippen molar-refractivity contribution >= 4 is 24.2 Å². The number of benzene rings is 2. The number of esters is 1. The van der Waals surface area contributed by atoms with E-state index in [9.17, 15) is 4.79 Å². The van der Waals surface area contributed by atoms with E-state index < -0.39 is 0 Å². The molecule has 1 aromatic heterocycles. The van der Waals surface area contributed by atoms with Crippen molar-refractivity contribution in [1.29, 1.82) is 0 Å². The molecule has 0 radical (unpaired) electrons. The summed E-state index contributed by atoms with van der Waals surface area (Å²) in [5.41, 5.74) is 2.74. The first-order valence-corrected chi connectivity index (χ1v) is 12.0. The van der Waals surface area contributed by atoms with Gasteiger partial charge in [-0.15, -0.1) is 12.4 Å². The van der Waals surface area contributed by atoms with Gasteiger partial charge in [-0.25, -0.2) is 9.78 Å². The highest BCUT2D eigenvalue weighted by Gasteiger charge is 2.23. The van der Waals surface area contributed by atoms with E-state index in [0.717, 1.165) is 49.8 Å². The predicted molar refractivity (Wildman–Crippen MR) is 143 cm³/mol. The number of hydrogen-bond donors (Lipinski definition) is 0. The second-order valence-electron chi connectivity index (χ2n) is 8.84. The van der Waals surface area contributed by atoms with Crippen LogP contribution in [0.2, 0.25) is 0 Å². The molecule has 7 nitrogen and oxygen atoms in total. The fraction of sp³-hybridized carbons (Fsp3) is 0.357. The number of piperazine rings is 1. The third kappa shape index (κ3) is 7.12. The van der Waals surface area contributed by atoms with Gasteiger partial charge in [-0.3, -0.25) is 4.90 Å². The van der Waals surface area contributed by atoms with Crippen molar-refractivity contribution in [2.45, 2.75) is 33.1 Å². The molecule has 8 heteroatoms. The Labute approximate surface area is 219 Å². The Balaban J connectivity index is 0.00000361. The van der Waals surface area contributed by atoms with E-state index in [1.165, 1.54) is 5.56 Å². The smallest absolute Gasteiger partial charge is 0.342 e. The number of rotatable bonds is 9. The molecular weight excluding hydrogens is 478 g/mol. The van der Waals surface area contributed by atoms with Gasteiger partial charge in [0.2, 0.25) is 0 Å². The number of anilines is 1.